The van der Waals surface area contributed by atoms with Gasteiger partial charge in [0.15, 0.2) is 5.82 Å². The van der Waals surface area contributed by atoms with Crippen LogP contribution in [0.4, 0.5) is 22.1 Å². The third-order valence-electron chi connectivity index (χ3n) is 4.20. The molecule has 0 unspecified atom stereocenters. The summed E-state index contributed by atoms with van der Waals surface area (Å²) in [6.45, 7) is 1.89. The number of benzene rings is 1. The molecule has 0 saturated heterocycles. The number of hydrogen-bond donors (Lipinski definition) is 3. The fourth-order valence-electron chi connectivity index (χ4n) is 2.67. The van der Waals surface area contributed by atoms with E-state index in [0.29, 0.717) is 28.7 Å². The van der Waals surface area contributed by atoms with Crippen molar-refractivity contribution < 1.29 is 4.39 Å². The molecule has 2 heterocycles. The minimum absolute atomic E-state index is 0.204. The van der Waals surface area contributed by atoms with Gasteiger partial charge >= 0.3 is 0 Å². The van der Waals surface area contributed by atoms with Gasteiger partial charge < -0.3 is 10.6 Å². The van der Waals surface area contributed by atoms with Crippen LogP contribution in [0.3, 0.4) is 0 Å². The SMILES string of the molecule is C[C@@H](Nc1ncnc(Nc2cc(C3CC3)[nH]n2)n1)c1ccc(F)cc1Cl. The first-order valence-electron chi connectivity index (χ1n) is 8.31. The minimum Gasteiger partial charge on any atom is -0.348 e. The van der Waals surface area contributed by atoms with Gasteiger partial charge in [0.05, 0.1) is 6.04 Å². The first kappa shape index (κ1) is 16.7. The minimum atomic E-state index is -0.373. The zero-order chi connectivity index (χ0) is 18.1. The lowest BCUT2D eigenvalue weighted by Gasteiger charge is -2.15. The third-order valence-corrected chi connectivity index (χ3v) is 4.53. The van der Waals surface area contributed by atoms with E-state index in [1.807, 2.05) is 13.0 Å². The van der Waals surface area contributed by atoms with Crippen LogP contribution >= 0.6 is 11.6 Å². The number of aromatic nitrogens is 5. The molecule has 1 aliphatic rings. The first-order chi connectivity index (χ1) is 12.6. The topological polar surface area (TPSA) is 91.4 Å². The Morgan fingerprint density at radius 1 is 1.23 bits per heavy atom. The summed E-state index contributed by atoms with van der Waals surface area (Å²) in [7, 11) is 0. The van der Waals surface area contributed by atoms with Gasteiger partial charge in [0, 0.05) is 22.7 Å². The van der Waals surface area contributed by atoms with E-state index in [9.17, 15) is 4.39 Å². The molecule has 3 aromatic rings. The number of rotatable bonds is 6. The lowest BCUT2D eigenvalue weighted by molar-refractivity contribution is 0.626. The van der Waals surface area contributed by atoms with Gasteiger partial charge in [-0.1, -0.05) is 17.7 Å². The largest absolute Gasteiger partial charge is 0.348 e. The van der Waals surface area contributed by atoms with E-state index in [1.54, 1.807) is 6.07 Å². The second-order valence-electron chi connectivity index (χ2n) is 6.27. The van der Waals surface area contributed by atoms with Crippen molar-refractivity contribution in [3.05, 3.63) is 52.7 Å². The van der Waals surface area contributed by atoms with Crippen molar-refractivity contribution in [2.24, 2.45) is 0 Å². The van der Waals surface area contributed by atoms with Gasteiger partial charge in [-0.3, -0.25) is 5.10 Å². The van der Waals surface area contributed by atoms with Crippen molar-refractivity contribution in [2.75, 3.05) is 10.6 Å². The van der Waals surface area contributed by atoms with E-state index in [0.717, 1.165) is 11.3 Å². The van der Waals surface area contributed by atoms with Crippen LogP contribution in [-0.4, -0.2) is 25.1 Å². The van der Waals surface area contributed by atoms with Gasteiger partial charge in [-0.2, -0.15) is 10.1 Å². The van der Waals surface area contributed by atoms with Crippen LogP contribution in [0.15, 0.2) is 30.6 Å². The Hall–Kier alpha value is -2.74. The van der Waals surface area contributed by atoms with Crippen molar-refractivity contribution in [3.63, 3.8) is 0 Å². The normalized spacial score (nSPS) is 14.9. The summed E-state index contributed by atoms with van der Waals surface area (Å²) in [6, 6.07) is 6.05. The molecule has 1 atom stereocenters. The zero-order valence-corrected chi connectivity index (χ0v) is 14.8. The van der Waals surface area contributed by atoms with Crippen LogP contribution in [0, 0.1) is 5.82 Å². The summed E-state index contributed by atoms with van der Waals surface area (Å²) in [5, 5.41) is 13.8. The maximum Gasteiger partial charge on any atom is 0.233 e. The molecule has 134 valence electrons. The summed E-state index contributed by atoms with van der Waals surface area (Å²) in [6.07, 6.45) is 3.81. The van der Waals surface area contributed by atoms with Crippen LogP contribution in [0.5, 0.6) is 0 Å². The molecule has 1 saturated carbocycles. The highest BCUT2D eigenvalue weighted by molar-refractivity contribution is 6.31. The maximum absolute atomic E-state index is 13.2. The smallest absolute Gasteiger partial charge is 0.233 e. The molecule has 2 aromatic heterocycles. The van der Waals surface area contributed by atoms with Gasteiger partial charge in [-0.15, -0.1) is 0 Å². The Balaban J connectivity index is 1.46. The molecule has 0 amide bonds. The monoisotopic (exact) mass is 373 g/mol. The number of hydrogen-bond acceptors (Lipinski definition) is 6. The molecule has 4 rings (SSSR count). The van der Waals surface area contributed by atoms with Gasteiger partial charge in [0.2, 0.25) is 11.9 Å². The fourth-order valence-corrected chi connectivity index (χ4v) is 3.00. The molecule has 3 N–H and O–H groups in total. The molecule has 7 nitrogen and oxygen atoms in total. The highest BCUT2D eigenvalue weighted by atomic mass is 35.5. The predicted octanol–water partition coefficient (Wildman–Crippen LogP) is 4.18. The van der Waals surface area contributed by atoms with Gasteiger partial charge in [-0.25, -0.2) is 14.4 Å². The highest BCUT2D eigenvalue weighted by Crippen LogP contribution is 2.39. The molecule has 0 aliphatic heterocycles. The summed E-state index contributed by atoms with van der Waals surface area (Å²) < 4.78 is 13.2. The number of nitrogens with zero attached hydrogens (tertiary/aromatic N) is 4. The predicted molar refractivity (Wildman–Crippen MR) is 97.1 cm³/mol. The summed E-state index contributed by atoms with van der Waals surface area (Å²) in [5.74, 6) is 1.65. The summed E-state index contributed by atoms with van der Waals surface area (Å²) in [5.41, 5.74) is 1.88. The van der Waals surface area contributed by atoms with Crippen molar-refractivity contribution in [3.8, 4) is 0 Å². The van der Waals surface area contributed by atoms with Crippen LogP contribution in [-0.2, 0) is 0 Å². The van der Waals surface area contributed by atoms with E-state index < -0.39 is 0 Å². The van der Waals surface area contributed by atoms with Crippen molar-refractivity contribution in [1.82, 2.24) is 25.1 Å². The number of anilines is 3. The molecule has 0 bridgehead atoms. The fraction of sp³-hybridized carbons (Fsp3) is 0.294. The van der Waals surface area contributed by atoms with Crippen LogP contribution in [0.25, 0.3) is 0 Å². The Labute approximate surface area is 154 Å². The van der Waals surface area contributed by atoms with E-state index in [2.05, 4.69) is 35.8 Å². The molecule has 0 spiro atoms. The summed E-state index contributed by atoms with van der Waals surface area (Å²) >= 11 is 6.10. The average molecular weight is 374 g/mol. The second kappa shape index (κ2) is 6.87. The van der Waals surface area contributed by atoms with Crippen molar-refractivity contribution in [1.29, 1.82) is 0 Å². The Morgan fingerprint density at radius 3 is 2.81 bits per heavy atom. The molecule has 1 aliphatic carbocycles. The maximum atomic E-state index is 13.2. The molecule has 1 fully saturated rings. The molecule has 1 aromatic carbocycles. The summed E-state index contributed by atoms with van der Waals surface area (Å²) in [4.78, 5) is 12.6. The Kier molecular flexibility index (Phi) is 4.42. The van der Waals surface area contributed by atoms with E-state index in [-0.39, 0.29) is 11.9 Å². The number of aromatic amines is 1. The molecule has 9 heteroatoms. The molecular formula is C17H17ClFN7. The molecule has 26 heavy (non-hydrogen) atoms. The Bertz CT molecular complexity index is 925. The quantitative estimate of drug-likeness (QED) is 0.600. The number of nitrogens with one attached hydrogen (secondary N) is 3. The van der Waals surface area contributed by atoms with E-state index in [4.69, 9.17) is 11.6 Å². The number of halogens is 2. The Morgan fingerprint density at radius 2 is 2.04 bits per heavy atom. The van der Waals surface area contributed by atoms with Gasteiger partial charge in [0.25, 0.3) is 0 Å². The van der Waals surface area contributed by atoms with Crippen molar-refractivity contribution in [2.45, 2.75) is 31.7 Å². The van der Waals surface area contributed by atoms with Gasteiger partial charge in [-0.05, 0) is 37.5 Å². The standard InChI is InChI=1S/C17H17ClFN7/c1-9(12-5-4-11(19)6-13(12)18)22-16-20-8-21-17(24-16)23-15-7-14(25-26-15)10-2-3-10/h4-10H,2-3H2,1H3,(H3,20,21,22,23,24,25,26)/t9-/m1/s1. The zero-order valence-electron chi connectivity index (χ0n) is 14.0. The van der Waals surface area contributed by atoms with Crippen LogP contribution < -0.4 is 10.6 Å². The van der Waals surface area contributed by atoms with E-state index >= 15 is 0 Å². The van der Waals surface area contributed by atoms with Crippen molar-refractivity contribution >= 4 is 29.3 Å². The third kappa shape index (κ3) is 3.75. The van der Waals surface area contributed by atoms with E-state index in [1.165, 1.54) is 31.3 Å². The number of H-pyrrole nitrogens is 1. The van der Waals surface area contributed by atoms with Gasteiger partial charge in [0.1, 0.15) is 12.1 Å². The van der Waals surface area contributed by atoms with Crippen LogP contribution in [0.2, 0.25) is 5.02 Å². The molecular weight excluding hydrogens is 357 g/mol. The lowest BCUT2D eigenvalue weighted by atomic mass is 10.1. The molecule has 0 radical (unpaired) electrons. The highest BCUT2D eigenvalue weighted by Gasteiger charge is 2.25. The second-order valence-corrected chi connectivity index (χ2v) is 6.68. The first-order valence-corrected chi connectivity index (χ1v) is 8.69. The van der Waals surface area contributed by atoms with Crippen LogP contribution in [0.1, 0.15) is 43.0 Å². The lowest BCUT2D eigenvalue weighted by Crippen LogP contribution is -2.11. The average Bonchev–Trinajstić information content (AvgIpc) is 3.35.